The Hall–Kier alpha value is -2.55. The van der Waals surface area contributed by atoms with E-state index in [1.165, 1.54) is 18.2 Å². The predicted octanol–water partition coefficient (Wildman–Crippen LogP) is 1.80. The lowest BCUT2D eigenvalue weighted by Crippen LogP contribution is -2.15. The first-order valence-electron chi connectivity index (χ1n) is 5.87. The highest BCUT2D eigenvalue weighted by atomic mass is 32.2. The van der Waals surface area contributed by atoms with Gasteiger partial charge >= 0.3 is 0 Å². The Morgan fingerprint density at radius 3 is 2.33 bits per heavy atom. The molecule has 0 aliphatic heterocycles. The summed E-state index contributed by atoms with van der Waals surface area (Å²) in [5.74, 6) is -0.0704. The molecule has 0 aliphatic rings. The van der Waals surface area contributed by atoms with E-state index in [0.717, 1.165) is 6.07 Å². The number of anilines is 1. The van der Waals surface area contributed by atoms with Crippen LogP contribution in [0.2, 0.25) is 0 Å². The fourth-order valence-corrected chi connectivity index (χ4v) is 2.70. The monoisotopic (exact) mass is 308 g/mol. The number of nitro groups is 1. The molecular weight excluding hydrogens is 296 g/mol. The van der Waals surface area contributed by atoms with E-state index < -0.39 is 14.9 Å². The lowest BCUT2D eigenvalue weighted by molar-refractivity contribution is -0.385. The largest absolute Gasteiger partial charge is 0.270 e. The van der Waals surface area contributed by atoms with E-state index in [4.69, 9.17) is 0 Å². The molecule has 1 aromatic heterocycles. The van der Waals surface area contributed by atoms with Crippen LogP contribution in [0.3, 0.4) is 0 Å². The van der Waals surface area contributed by atoms with Gasteiger partial charge in [-0.05, 0) is 26.0 Å². The van der Waals surface area contributed by atoms with Crippen LogP contribution in [0.1, 0.15) is 11.4 Å². The van der Waals surface area contributed by atoms with Gasteiger partial charge < -0.3 is 0 Å². The van der Waals surface area contributed by atoms with Crippen LogP contribution in [0.5, 0.6) is 0 Å². The lowest BCUT2D eigenvalue weighted by Gasteiger charge is -2.07. The number of aryl methyl sites for hydroxylation is 2. The SMILES string of the molecule is Cc1cc(C)nc(NS(=O)(=O)c2cccc([N+](=O)[O-])c2)n1. The zero-order valence-electron chi connectivity index (χ0n) is 11.3. The molecule has 1 N–H and O–H groups in total. The van der Waals surface area contributed by atoms with Gasteiger partial charge in [0.2, 0.25) is 5.95 Å². The number of hydrogen-bond donors (Lipinski definition) is 1. The molecule has 21 heavy (non-hydrogen) atoms. The number of nitrogens with zero attached hydrogens (tertiary/aromatic N) is 3. The van der Waals surface area contributed by atoms with Gasteiger partial charge in [-0.3, -0.25) is 10.1 Å². The van der Waals surface area contributed by atoms with Gasteiger partial charge in [-0.1, -0.05) is 6.07 Å². The van der Waals surface area contributed by atoms with Gasteiger partial charge in [-0.25, -0.2) is 23.1 Å². The average molecular weight is 308 g/mol. The quantitative estimate of drug-likeness (QED) is 0.680. The standard InChI is InChI=1S/C12H12N4O4S/c1-8-6-9(2)14-12(13-8)15-21(19,20)11-5-3-4-10(7-11)16(17)18/h3-7H,1-2H3,(H,13,14,15). The summed E-state index contributed by atoms with van der Waals surface area (Å²) < 4.78 is 26.6. The summed E-state index contributed by atoms with van der Waals surface area (Å²) in [7, 11) is -3.98. The smallest absolute Gasteiger partial charge is 0.258 e. The average Bonchev–Trinajstić information content (AvgIpc) is 2.37. The molecule has 0 amide bonds. The first-order chi connectivity index (χ1) is 9.78. The number of rotatable bonds is 4. The van der Waals surface area contributed by atoms with E-state index in [0.29, 0.717) is 11.4 Å². The van der Waals surface area contributed by atoms with Gasteiger partial charge in [-0.15, -0.1) is 0 Å². The third kappa shape index (κ3) is 3.51. The maximum absolute atomic E-state index is 12.2. The molecule has 1 aromatic carbocycles. The van der Waals surface area contributed by atoms with Crippen LogP contribution in [0.15, 0.2) is 35.2 Å². The fourth-order valence-electron chi connectivity index (χ4n) is 1.71. The summed E-state index contributed by atoms with van der Waals surface area (Å²) in [4.78, 5) is 17.7. The van der Waals surface area contributed by atoms with E-state index >= 15 is 0 Å². The van der Waals surface area contributed by atoms with Gasteiger partial charge in [0.15, 0.2) is 0 Å². The Morgan fingerprint density at radius 2 is 1.76 bits per heavy atom. The fraction of sp³-hybridized carbons (Fsp3) is 0.167. The molecule has 1 heterocycles. The van der Waals surface area contributed by atoms with Crippen LogP contribution in [0.25, 0.3) is 0 Å². The number of benzene rings is 1. The molecular formula is C12H12N4O4S. The second-order valence-corrected chi connectivity index (χ2v) is 6.02. The molecule has 2 rings (SSSR count). The zero-order chi connectivity index (χ0) is 15.6. The molecule has 0 radical (unpaired) electrons. The Kier molecular flexibility index (Phi) is 3.85. The van der Waals surface area contributed by atoms with Crippen LogP contribution in [0.4, 0.5) is 11.6 Å². The number of hydrogen-bond acceptors (Lipinski definition) is 6. The highest BCUT2D eigenvalue weighted by Gasteiger charge is 2.19. The van der Waals surface area contributed by atoms with Gasteiger partial charge in [0.25, 0.3) is 15.7 Å². The van der Waals surface area contributed by atoms with Crippen molar-refractivity contribution in [3.63, 3.8) is 0 Å². The zero-order valence-corrected chi connectivity index (χ0v) is 12.1. The number of nitrogens with one attached hydrogen (secondary N) is 1. The number of non-ortho nitro benzene ring substituents is 1. The Bertz CT molecular complexity index is 784. The topological polar surface area (TPSA) is 115 Å². The van der Waals surface area contributed by atoms with Gasteiger partial charge in [-0.2, -0.15) is 0 Å². The third-order valence-electron chi connectivity index (χ3n) is 2.55. The molecule has 2 aromatic rings. The highest BCUT2D eigenvalue weighted by molar-refractivity contribution is 7.92. The summed E-state index contributed by atoms with van der Waals surface area (Å²) in [6.07, 6.45) is 0. The van der Waals surface area contributed by atoms with E-state index in [1.807, 2.05) is 0 Å². The molecule has 0 bridgehead atoms. The van der Waals surface area contributed by atoms with Crippen LogP contribution in [0, 0.1) is 24.0 Å². The molecule has 8 nitrogen and oxygen atoms in total. The first kappa shape index (κ1) is 14.9. The Balaban J connectivity index is 2.38. The van der Waals surface area contributed by atoms with Crippen molar-refractivity contribution in [2.24, 2.45) is 0 Å². The molecule has 110 valence electrons. The van der Waals surface area contributed by atoms with Crippen molar-refractivity contribution in [2.45, 2.75) is 18.7 Å². The summed E-state index contributed by atoms with van der Waals surface area (Å²) in [5, 5.41) is 10.7. The van der Waals surface area contributed by atoms with Crippen molar-refractivity contribution in [2.75, 3.05) is 4.72 Å². The normalized spacial score (nSPS) is 11.1. The molecule has 0 fully saturated rings. The minimum atomic E-state index is -3.98. The maximum Gasteiger partial charge on any atom is 0.270 e. The molecule has 9 heteroatoms. The molecule has 0 saturated heterocycles. The molecule has 0 aliphatic carbocycles. The minimum absolute atomic E-state index is 0.0704. The molecule has 0 saturated carbocycles. The van der Waals surface area contributed by atoms with Crippen LogP contribution in [-0.2, 0) is 10.0 Å². The molecule has 0 spiro atoms. The van der Waals surface area contributed by atoms with Crippen molar-refractivity contribution in [3.8, 4) is 0 Å². The number of nitro benzene ring substituents is 1. The number of aromatic nitrogens is 2. The Morgan fingerprint density at radius 1 is 1.14 bits per heavy atom. The second-order valence-electron chi connectivity index (χ2n) is 4.33. The Labute approximate surface area is 121 Å². The highest BCUT2D eigenvalue weighted by Crippen LogP contribution is 2.19. The van der Waals surface area contributed by atoms with E-state index in [-0.39, 0.29) is 16.5 Å². The molecule has 0 unspecified atom stereocenters. The third-order valence-corrected chi connectivity index (χ3v) is 3.87. The molecule has 0 atom stereocenters. The summed E-state index contributed by atoms with van der Waals surface area (Å²) in [5.41, 5.74) is 0.915. The van der Waals surface area contributed by atoms with Crippen molar-refractivity contribution in [3.05, 3.63) is 51.8 Å². The summed E-state index contributed by atoms with van der Waals surface area (Å²) >= 11 is 0. The number of sulfonamides is 1. The van der Waals surface area contributed by atoms with Crippen molar-refractivity contribution in [1.29, 1.82) is 0 Å². The van der Waals surface area contributed by atoms with E-state index in [1.54, 1.807) is 19.9 Å². The van der Waals surface area contributed by atoms with Crippen LogP contribution in [-0.4, -0.2) is 23.3 Å². The summed E-state index contributed by atoms with van der Waals surface area (Å²) in [6.45, 7) is 3.42. The van der Waals surface area contributed by atoms with Gasteiger partial charge in [0.1, 0.15) is 0 Å². The first-order valence-corrected chi connectivity index (χ1v) is 7.36. The minimum Gasteiger partial charge on any atom is -0.258 e. The van der Waals surface area contributed by atoms with Crippen molar-refractivity contribution in [1.82, 2.24) is 9.97 Å². The van der Waals surface area contributed by atoms with Gasteiger partial charge in [0, 0.05) is 23.5 Å². The van der Waals surface area contributed by atoms with Crippen molar-refractivity contribution < 1.29 is 13.3 Å². The van der Waals surface area contributed by atoms with Crippen LogP contribution >= 0.6 is 0 Å². The summed E-state index contributed by atoms with van der Waals surface area (Å²) in [6, 6.07) is 6.45. The van der Waals surface area contributed by atoms with Gasteiger partial charge in [0.05, 0.1) is 9.82 Å². The lowest BCUT2D eigenvalue weighted by atomic mass is 10.3. The van der Waals surface area contributed by atoms with E-state index in [2.05, 4.69) is 14.7 Å². The second kappa shape index (κ2) is 5.44. The van der Waals surface area contributed by atoms with Crippen LogP contribution < -0.4 is 4.72 Å². The maximum atomic E-state index is 12.2. The predicted molar refractivity (Wildman–Crippen MR) is 75.4 cm³/mol. The van der Waals surface area contributed by atoms with Crippen molar-refractivity contribution >= 4 is 21.7 Å². The van der Waals surface area contributed by atoms with E-state index in [9.17, 15) is 18.5 Å².